The second kappa shape index (κ2) is 6.31. The molecule has 1 aromatic heterocycles. The molecular formula is C19H27NS. The van der Waals surface area contributed by atoms with Gasteiger partial charge in [0.25, 0.3) is 0 Å². The van der Waals surface area contributed by atoms with Crippen LogP contribution in [0.2, 0.25) is 0 Å². The first-order valence-electron chi connectivity index (χ1n) is 7.85. The normalized spacial score (nSPS) is 11.9. The third kappa shape index (κ3) is 3.94. The molecule has 0 N–H and O–H groups in total. The van der Waals surface area contributed by atoms with Gasteiger partial charge in [-0.3, -0.25) is 0 Å². The van der Waals surface area contributed by atoms with Crippen molar-refractivity contribution in [1.29, 1.82) is 0 Å². The monoisotopic (exact) mass is 301 g/mol. The van der Waals surface area contributed by atoms with Crippen LogP contribution < -0.4 is 0 Å². The van der Waals surface area contributed by atoms with E-state index < -0.39 is 0 Å². The molecule has 0 aliphatic rings. The van der Waals surface area contributed by atoms with Gasteiger partial charge in [-0.2, -0.15) is 0 Å². The zero-order valence-corrected chi connectivity index (χ0v) is 15.0. The van der Waals surface area contributed by atoms with Crippen LogP contribution in [0.1, 0.15) is 67.1 Å². The molecule has 0 spiro atoms. The molecule has 0 aliphatic heterocycles. The van der Waals surface area contributed by atoms with Crippen LogP contribution in [-0.4, -0.2) is 4.98 Å². The average molecular weight is 301 g/mol. The van der Waals surface area contributed by atoms with Gasteiger partial charge in [0.1, 0.15) is 0 Å². The Balaban J connectivity index is 2.27. The minimum Gasteiger partial charge on any atom is -0.246 e. The maximum Gasteiger partial charge on any atom is 0.0972 e. The second-order valence-electron chi connectivity index (χ2n) is 7.00. The molecule has 2 rings (SSSR count). The van der Waals surface area contributed by atoms with Crippen molar-refractivity contribution >= 4 is 11.3 Å². The summed E-state index contributed by atoms with van der Waals surface area (Å²) in [7, 11) is 0. The summed E-state index contributed by atoms with van der Waals surface area (Å²) in [4.78, 5) is 4.77. The molecule has 1 nitrogen and oxygen atoms in total. The summed E-state index contributed by atoms with van der Waals surface area (Å²) < 4.78 is 0. The van der Waals surface area contributed by atoms with Crippen LogP contribution in [0.3, 0.4) is 0 Å². The van der Waals surface area contributed by atoms with Crippen molar-refractivity contribution in [1.82, 2.24) is 4.98 Å². The van der Waals surface area contributed by atoms with E-state index in [4.69, 9.17) is 4.98 Å². The quantitative estimate of drug-likeness (QED) is 0.716. The Hall–Kier alpha value is -1.15. The number of nitrogens with zero attached hydrogens (tertiary/aromatic N) is 1. The first-order chi connectivity index (χ1) is 9.81. The average Bonchev–Trinajstić information content (AvgIpc) is 2.80. The fourth-order valence-electron chi connectivity index (χ4n) is 2.66. The van der Waals surface area contributed by atoms with Gasteiger partial charge in [-0.15, -0.1) is 11.3 Å². The Labute approximate surface area is 133 Å². The summed E-state index contributed by atoms with van der Waals surface area (Å²) in [6.07, 6.45) is 3.23. The van der Waals surface area contributed by atoms with E-state index in [0.717, 1.165) is 12.8 Å². The fourth-order valence-corrected chi connectivity index (χ4v) is 3.50. The van der Waals surface area contributed by atoms with Crippen LogP contribution in [0.25, 0.3) is 0 Å². The minimum atomic E-state index is 0.212. The molecule has 114 valence electrons. The zero-order valence-electron chi connectivity index (χ0n) is 14.2. The van der Waals surface area contributed by atoms with Crippen molar-refractivity contribution in [2.45, 2.75) is 66.2 Å². The zero-order chi connectivity index (χ0) is 15.6. The van der Waals surface area contributed by atoms with Gasteiger partial charge in [0, 0.05) is 11.8 Å². The molecular weight excluding hydrogens is 274 g/mol. The molecule has 2 heteroatoms. The first-order valence-corrected chi connectivity index (χ1v) is 8.73. The Morgan fingerprint density at radius 2 is 1.71 bits per heavy atom. The molecule has 2 aromatic rings. The molecule has 0 radical (unpaired) electrons. The van der Waals surface area contributed by atoms with Crippen molar-refractivity contribution in [2.24, 2.45) is 0 Å². The van der Waals surface area contributed by atoms with E-state index in [1.807, 2.05) is 0 Å². The predicted octanol–water partition coefficient (Wildman–Crippen LogP) is 5.60. The highest BCUT2D eigenvalue weighted by Gasteiger charge is 2.17. The maximum atomic E-state index is 4.77. The third-order valence-electron chi connectivity index (χ3n) is 4.00. The Bertz CT molecular complexity index is 594. The SMILES string of the molecule is CCCc1csc(Cc2c(C)cc(C(C)(C)C)cc2C)n1. The molecule has 0 bridgehead atoms. The highest BCUT2D eigenvalue weighted by molar-refractivity contribution is 7.09. The first kappa shape index (κ1) is 16.2. The number of hydrogen-bond donors (Lipinski definition) is 0. The Kier molecular flexibility index (Phi) is 4.88. The molecule has 1 aromatic carbocycles. The van der Waals surface area contributed by atoms with Gasteiger partial charge in [-0.25, -0.2) is 4.98 Å². The van der Waals surface area contributed by atoms with Crippen LogP contribution >= 0.6 is 11.3 Å². The lowest BCUT2D eigenvalue weighted by Crippen LogP contribution is -2.12. The molecule has 0 atom stereocenters. The summed E-state index contributed by atoms with van der Waals surface area (Å²) in [5, 5.41) is 3.46. The summed E-state index contributed by atoms with van der Waals surface area (Å²) in [6, 6.07) is 4.70. The lowest BCUT2D eigenvalue weighted by Gasteiger charge is -2.22. The van der Waals surface area contributed by atoms with Gasteiger partial charge < -0.3 is 0 Å². The van der Waals surface area contributed by atoms with Crippen molar-refractivity contribution in [2.75, 3.05) is 0 Å². The van der Waals surface area contributed by atoms with Crippen LogP contribution in [0.4, 0.5) is 0 Å². The Morgan fingerprint density at radius 1 is 1.10 bits per heavy atom. The van der Waals surface area contributed by atoms with Crippen LogP contribution in [0.5, 0.6) is 0 Å². The lowest BCUT2D eigenvalue weighted by molar-refractivity contribution is 0.589. The van der Waals surface area contributed by atoms with Crippen molar-refractivity contribution in [3.63, 3.8) is 0 Å². The van der Waals surface area contributed by atoms with E-state index in [1.54, 1.807) is 11.3 Å². The van der Waals surface area contributed by atoms with Gasteiger partial charge in [-0.1, -0.05) is 46.2 Å². The van der Waals surface area contributed by atoms with E-state index >= 15 is 0 Å². The number of aryl methyl sites for hydroxylation is 3. The van der Waals surface area contributed by atoms with E-state index in [0.29, 0.717) is 0 Å². The van der Waals surface area contributed by atoms with E-state index in [2.05, 4.69) is 59.1 Å². The van der Waals surface area contributed by atoms with Crippen molar-refractivity contribution in [3.05, 3.63) is 50.5 Å². The molecule has 0 saturated heterocycles. The summed E-state index contributed by atoms with van der Waals surface area (Å²) in [6.45, 7) is 13.5. The lowest BCUT2D eigenvalue weighted by atomic mass is 9.83. The number of thiazole rings is 1. The minimum absolute atomic E-state index is 0.212. The fraction of sp³-hybridized carbons (Fsp3) is 0.526. The number of hydrogen-bond acceptors (Lipinski definition) is 2. The Morgan fingerprint density at radius 3 is 2.24 bits per heavy atom. The van der Waals surface area contributed by atoms with E-state index in [9.17, 15) is 0 Å². The molecule has 21 heavy (non-hydrogen) atoms. The summed E-state index contributed by atoms with van der Waals surface area (Å²) >= 11 is 1.80. The van der Waals surface area contributed by atoms with E-state index in [-0.39, 0.29) is 5.41 Å². The van der Waals surface area contributed by atoms with Gasteiger partial charge in [0.05, 0.1) is 10.7 Å². The molecule has 0 saturated carbocycles. The molecule has 0 aliphatic carbocycles. The summed E-state index contributed by atoms with van der Waals surface area (Å²) in [5.74, 6) is 0. The third-order valence-corrected chi connectivity index (χ3v) is 4.89. The number of rotatable bonds is 4. The highest BCUT2D eigenvalue weighted by Crippen LogP contribution is 2.28. The molecule has 0 unspecified atom stereocenters. The van der Waals surface area contributed by atoms with Crippen molar-refractivity contribution < 1.29 is 0 Å². The predicted molar refractivity (Wildman–Crippen MR) is 93.5 cm³/mol. The number of benzene rings is 1. The van der Waals surface area contributed by atoms with Crippen LogP contribution in [-0.2, 0) is 18.3 Å². The molecule has 0 fully saturated rings. The highest BCUT2D eigenvalue weighted by atomic mass is 32.1. The van der Waals surface area contributed by atoms with Crippen LogP contribution in [0, 0.1) is 13.8 Å². The van der Waals surface area contributed by atoms with Crippen molar-refractivity contribution in [3.8, 4) is 0 Å². The standard InChI is InChI=1S/C19H27NS/c1-7-8-16-12-21-18(20-16)11-17-13(2)9-15(10-14(17)3)19(4,5)6/h9-10,12H,7-8,11H2,1-6H3. The van der Waals surface area contributed by atoms with E-state index in [1.165, 1.54) is 39.4 Å². The van der Waals surface area contributed by atoms with Gasteiger partial charge in [0.15, 0.2) is 0 Å². The van der Waals surface area contributed by atoms with Crippen LogP contribution in [0.15, 0.2) is 17.5 Å². The molecule has 0 amide bonds. The van der Waals surface area contributed by atoms with Gasteiger partial charge in [0.2, 0.25) is 0 Å². The number of aromatic nitrogens is 1. The maximum absolute atomic E-state index is 4.77. The smallest absolute Gasteiger partial charge is 0.0972 e. The summed E-state index contributed by atoms with van der Waals surface area (Å²) in [5.41, 5.74) is 7.12. The van der Waals surface area contributed by atoms with Gasteiger partial charge >= 0.3 is 0 Å². The van der Waals surface area contributed by atoms with Gasteiger partial charge in [-0.05, 0) is 47.9 Å². The molecule has 1 heterocycles. The second-order valence-corrected chi connectivity index (χ2v) is 7.94. The largest absolute Gasteiger partial charge is 0.246 e. The topological polar surface area (TPSA) is 12.9 Å².